The number of aliphatic imine (C=N–C) groups is 1. The second-order valence-corrected chi connectivity index (χ2v) is 8.11. The number of pyridine rings is 1. The van der Waals surface area contributed by atoms with E-state index in [1.807, 2.05) is 11.8 Å². The van der Waals surface area contributed by atoms with Crippen LogP contribution in [0.25, 0.3) is 5.57 Å². The topological polar surface area (TPSA) is 69.6 Å². The molecule has 2 N–H and O–H groups in total. The molecule has 0 radical (unpaired) electrons. The number of nitrogens with zero attached hydrogens (tertiary/aromatic N) is 3. The fraction of sp³-hybridized carbons (Fsp3) is 0.458. The molecule has 1 aromatic heterocycles. The Kier molecular flexibility index (Phi) is 7.73. The van der Waals surface area contributed by atoms with Crippen LogP contribution in [0.1, 0.15) is 32.4 Å². The number of allylic oxidation sites excluding steroid dienone is 4. The summed E-state index contributed by atoms with van der Waals surface area (Å²) in [5.41, 5.74) is -0.859. The Hall–Kier alpha value is -2.94. The predicted molar refractivity (Wildman–Crippen MR) is 125 cm³/mol. The van der Waals surface area contributed by atoms with E-state index in [1.54, 1.807) is 6.92 Å². The Labute approximate surface area is 192 Å². The van der Waals surface area contributed by atoms with Gasteiger partial charge in [0.15, 0.2) is 0 Å². The molecule has 0 saturated carbocycles. The van der Waals surface area contributed by atoms with Crippen molar-refractivity contribution in [3.05, 3.63) is 53.5 Å². The van der Waals surface area contributed by atoms with Crippen molar-refractivity contribution in [1.29, 1.82) is 0 Å². The lowest BCUT2D eigenvalue weighted by molar-refractivity contribution is -0.123. The highest BCUT2D eigenvalue weighted by atomic mass is 19.3. The van der Waals surface area contributed by atoms with Crippen LogP contribution in [0.5, 0.6) is 0 Å². The number of alkyl halides is 2. The van der Waals surface area contributed by atoms with E-state index in [1.165, 1.54) is 31.3 Å². The minimum atomic E-state index is -2.91. The molecule has 2 aliphatic heterocycles. The van der Waals surface area contributed by atoms with E-state index in [4.69, 9.17) is 0 Å². The Morgan fingerprint density at radius 2 is 2.06 bits per heavy atom. The van der Waals surface area contributed by atoms with Gasteiger partial charge in [0, 0.05) is 62.9 Å². The molecule has 2 aliphatic rings. The van der Waals surface area contributed by atoms with Crippen molar-refractivity contribution < 1.29 is 18.0 Å². The Morgan fingerprint density at radius 3 is 2.64 bits per heavy atom. The Bertz CT molecular complexity index is 1010. The monoisotopic (exact) mass is 461 g/mol. The molecule has 2 saturated heterocycles. The van der Waals surface area contributed by atoms with Gasteiger partial charge in [-0.1, -0.05) is 25.7 Å². The van der Waals surface area contributed by atoms with Crippen LogP contribution in [-0.2, 0) is 4.79 Å². The number of piperazine rings is 1. The second kappa shape index (κ2) is 10.3. The zero-order valence-electron chi connectivity index (χ0n) is 19.2. The number of aromatic nitrogens is 1. The summed E-state index contributed by atoms with van der Waals surface area (Å²) < 4.78 is 44.3. The molecule has 0 bridgehead atoms. The van der Waals surface area contributed by atoms with Crippen LogP contribution in [0.4, 0.5) is 19.0 Å². The second-order valence-electron chi connectivity index (χ2n) is 8.11. The van der Waals surface area contributed by atoms with E-state index in [0.717, 1.165) is 13.1 Å². The highest BCUT2D eigenvalue weighted by Crippen LogP contribution is 2.47. The molecule has 3 rings (SSSR count). The van der Waals surface area contributed by atoms with Crippen LogP contribution in [0, 0.1) is 11.2 Å². The summed E-state index contributed by atoms with van der Waals surface area (Å²) in [6.45, 7) is 10.3. The summed E-state index contributed by atoms with van der Waals surface area (Å²) >= 11 is 0. The molecular formula is C24H30F3N5O. The maximum Gasteiger partial charge on any atom is 0.252 e. The summed E-state index contributed by atoms with van der Waals surface area (Å²) in [7, 11) is 1.42. The van der Waals surface area contributed by atoms with Gasteiger partial charge in [-0.2, -0.15) is 0 Å². The molecule has 1 unspecified atom stereocenters. The summed E-state index contributed by atoms with van der Waals surface area (Å²) in [5, 5.41) is 5.85. The largest absolute Gasteiger partial charge is 0.354 e. The number of anilines is 1. The molecule has 1 aromatic rings. The lowest BCUT2D eigenvalue weighted by Crippen LogP contribution is -2.50. The number of piperidine rings is 1. The van der Waals surface area contributed by atoms with E-state index in [2.05, 4.69) is 27.2 Å². The van der Waals surface area contributed by atoms with Crippen molar-refractivity contribution in [3.8, 4) is 0 Å². The molecule has 0 aliphatic carbocycles. The maximum atomic E-state index is 14.8. The Balaban J connectivity index is 2.35. The average molecular weight is 462 g/mol. The smallest absolute Gasteiger partial charge is 0.252 e. The van der Waals surface area contributed by atoms with Crippen LogP contribution in [0.2, 0.25) is 0 Å². The highest BCUT2D eigenvalue weighted by Gasteiger charge is 2.50. The average Bonchev–Trinajstić information content (AvgIpc) is 2.80. The fourth-order valence-electron chi connectivity index (χ4n) is 4.36. The third-order valence-electron chi connectivity index (χ3n) is 5.99. The van der Waals surface area contributed by atoms with Gasteiger partial charge in [0.25, 0.3) is 6.43 Å². The standard InChI is InChI=1S/C24H30F3N5O/c1-5-7-24(23(26)27)14-19(33)31-22(28-4)21(24)20(15(3)6-2)17-12-16(25)13-18(30-17)32-10-8-29-9-11-32/h5,7,12-13,23,29H,3,6,8-11,14H2,1-2,4H3,(H,28,31,33)/b7-5+,21-20-. The van der Waals surface area contributed by atoms with Crippen molar-refractivity contribution in [2.75, 3.05) is 38.1 Å². The number of halogens is 3. The summed E-state index contributed by atoms with van der Waals surface area (Å²) in [6, 6.07) is 2.57. The van der Waals surface area contributed by atoms with Crippen molar-refractivity contribution in [2.45, 2.75) is 33.1 Å². The first kappa shape index (κ1) is 24.7. The maximum absolute atomic E-state index is 14.8. The number of carbonyl (C=O) groups is 1. The first-order valence-corrected chi connectivity index (χ1v) is 11.0. The summed E-state index contributed by atoms with van der Waals surface area (Å²) in [6.07, 6.45) is -0.136. The van der Waals surface area contributed by atoms with Gasteiger partial charge in [-0.25, -0.2) is 18.2 Å². The van der Waals surface area contributed by atoms with Crippen LogP contribution in [0.15, 0.2) is 47.0 Å². The predicted octanol–water partition coefficient (Wildman–Crippen LogP) is 3.73. The van der Waals surface area contributed by atoms with Gasteiger partial charge >= 0.3 is 0 Å². The van der Waals surface area contributed by atoms with E-state index >= 15 is 0 Å². The molecule has 9 heteroatoms. The van der Waals surface area contributed by atoms with Gasteiger partial charge in [0.05, 0.1) is 11.1 Å². The van der Waals surface area contributed by atoms with E-state index < -0.39 is 30.0 Å². The molecule has 1 amide bonds. The third kappa shape index (κ3) is 4.88. The first-order chi connectivity index (χ1) is 15.8. The number of hydrogen-bond acceptors (Lipinski definition) is 5. The zero-order chi connectivity index (χ0) is 24.2. The van der Waals surface area contributed by atoms with E-state index in [0.29, 0.717) is 30.9 Å². The van der Waals surface area contributed by atoms with Crippen LogP contribution >= 0.6 is 0 Å². The van der Waals surface area contributed by atoms with Gasteiger partial charge in [0.1, 0.15) is 17.5 Å². The first-order valence-electron chi connectivity index (χ1n) is 11.0. The van der Waals surface area contributed by atoms with Gasteiger partial charge in [-0.3, -0.25) is 9.79 Å². The summed E-state index contributed by atoms with van der Waals surface area (Å²) in [4.78, 5) is 23.1. The van der Waals surface area contributed by atoms with Crippen LogP contribution < -0.4 is 15.5 Å². The molecular weight excluding hydrogens is 431 g/mol. The van der Waals surface area contributed by atoms with Crippen LogP contribution in [0.3, 0.4) is 0 Å². The third-order valence-corrected chi connectivity index (χ3v) is 5.99. The lowest BCUT2D eigenvalue weighted by atomic mass is 9.70. The van der Waals surface area contributed by atoms with Crippen molar-refractivity contribution in [2.24, 2.45) is 10.4 Å². The normalized spacial score (nSPS) is 24.5. The molecule has 33 heavy (non-hydrogen) atoms. The minimum absolute atomic E-state index is 0.0176. The number of carbonyl (C=O) groups excluding carboxylic acids is 1. The summed E-state index contributed by atoms with van der Waals surface area (Å²) in [5.74, 6) is -0.645. The zero-order valence-corrected chi connectivity index (χ0v) is 19.2. The molecule has 178 valence electrons. The fourth-order valence-corrected chi connectivity index (χ4v) is 4.36. The molecule has 2 fully saturated rings. The van der Waals surface area contributed by atoms with Gasteiger partial charge in [-0.05, 0) is 18.9 Å². The van der Waals surface area contributed by atoms with Crippen molar-refractivity contribution >= 4 is 23.1 Å². The number of nitrogens with one attached hydrogen (secondary N) is 2. The quantitative estimate of drug-likeness (QED) is 0.634. The molecule has 3 heterocycles. The number of amidine groups is 1. The van der Waals surface area contributed by atoms with Gasteiger partial charge < -0.3 is 15.5 Å². The van der Waals surface area contributed by atoms with Gasteiger partial charge in [0.2, 0.25) is 5.91 Å². The van der Waals surface area contributed by atoms with E-state index in [-0.39, 0.29) is 22.7 Å². The lowest BCUT2D eigenvalue weighted by Gasteiger charge is -2.39. The molecule has 6 nitrogen and oxygen atoms in total. The van der Waals surface area contributed by atoms with Crippen LogP contribution in [-0.4, -0.2) is 56.4 Å². The highest BCUT2D eigenvalue weighted by molar-refractivity contribution is 6.17. The number of rotatable bonds is 6. The molecule has 0 spiro atoms. The van der Waals surface area contributed by atoms with E-state index in [9.17, 15) is 18.0 Å². The molecule has 1 atom stereocenters. The number of amides is 1. The van der Waals surface area contributed by atoms with Crippen molar-refractivity contribution in [3.63, 3.8) is 0 Å². The van der Waals surface area contributed by atoms with Crippen molar-refractivity contribution in [1.82, 2.24) is 15.6 Å². The van der Waals surface area contributed by atoms with Gasteiger partial charge in [-0.15, -0.1) is 0 Å². The Morgan fingerprint density at radius 1 is 1.36 bits per heavy atom. The SMILES string of the molecule is C=C(CC)/C(=C1\C(=NC)NC(=O)CC1(/C=C/C)C(F)F)c1cc(F)cc(N2CCNCC2)n1. The number of hydrogen-bond donors (Lipinski definition) is 2. The molecule has 0 aromatic carbocycles. The minimum Gasteiger partial charge on any atom is -0.354 e.